The van der Waals surface area contributed by atoms with E-state index in [1.165, 1.54) is 7.11 Å². The van der Waals surface area contributed by atoms with Crippen LogP contribution in [0.5, 0.6) is 5.75 Å². The van der Waals surface area contributed by atoms with Crippen molar-refractivity contribution in [1.82, 2.24) is 0 Å². The minimum absolute atomic E-state index is 0.0601. The highest BCUT2D eigenvalue weighted by atomic mass is 35.5. The largest absolute Gasteiger partial charge is 0.495 e. The van der Waals surface area contributed by atoms with E-state index < -0.39 is 0 Å². The third kappa shape index (κ3) is 7.04. The number of halogens is 1. The molecule has 3 rings (SSSR count). The molecule has 0 bridgehead atoms. The summed E-state index contributed by atoms with van der Waals surface area (Å²) in [5.74, 6) is 0.258. The van der Waals surface area contributed by atoms with Gasteiger partial charge in [0.1, 0.15) is 5.75 Å². The van der Waals surface area contributed by atoms with Crippen LogP contribution in [0.25, 0.3) is 0 Å². The highest BCUT2D eigenvalue weighted by Crippen LogP contribution is 2.27. The van der Waals surface area contributed by atoms with E-state index in [1.54, 1.807) is 24.3 Å². The molecule has 0 spiro atoms. The van der Waals surface area contributed by atoms with Gasteiger partial charge in [0, 0.05) is 23.5 Å². The molecule has 160 valence electrons. The van der Waals surface area contributed by atoms with E-state index in [2.05, 4.69) is 16.0 Å². The summed E-state index contributed by atoms with van der Waals surface area (Å²) in [6.07, 6.45) is 1.08. The van der Waals surface area contributed by atoms with Crippen molar-refractivity contribution in [2.24, 2.45) is 0 Å². The van der Waals surface area contributed by atoms with Gasteiger partial charge in [-0.2, -0.15) is 0 Å². The number of amides is 2. The van der Waals surface area contributed by atoms with E-state index in [4.69, 9.17) is 16.3 Å². The molecule has 31 heavy (non-hydrogen) atoms. The second-order valence-electron chi connectivity index (χ2n) is 6.87. The minimum Gasteiger partial charge on any atom is -0.495 e. The summed E-state index contributed by atoms with van der Waals surface area (Å²) in [5.41, 5.74) is 3.10. The van der Waals surface area contributed by atoms with Gasteiger partial charge in [0.25, 0.3) is 0 Å². The fraction of sp³-hybridized carbons (Fsp3) is 0.167. The monoisotopic (exact) mass is 437 g/mol. The van der Waals surface area contributed by atoms with E-state index >= 15 is 0 Å². The number of rotatable bonds is 9. The second kappa shape index (κ2) is 11.0. The predicted octanol–water partition coefficient (Wildman–Crippen LogP) is 4.97. The minimum atomic E-state index is -0.224. The van der Waals surface area contributed by atoms with Gasteiger partial charge in [-0.1, -0.05) is 48.0 Å². The third-order valence-corrected chi connectivity index (χ3v) is 4.81. The molecule has 0 saturated carbocycles. The number of carbonyl (C=O) groups is 2. The van der Waals surface area contributed by atoms with Gasteiger partial charge in [-0.05, 0) is 48.4 Å². The van der Waals surface area contributed by atoms with Crippen molar-refractivity contribution in [2.75, 3.05) is 29.6 Å². The number of ether oxygens (including phenoxy) is 1. The Bertz CT molecular complexity index is 1040. The van der Waals surface area contributed by atoms with Gasteiger partial charge >= 0.3 is 0 Å². The van der Waals surface area contributed by atoms with Crippen molar-refractivity contribution < 1.29 is 14.3 Å². The van der Waals surface area contributed by atoms with Crippen LogP contribution in [-0.2, 0) is 16.0 Å². The maximum absolute atomic E-state index is 12.2. The van der Waals surface area contributed by atoms with Gasteiger partial charge in [0.2, 0.25) is 11.8 Å². The van der Waals surface area contributed by atoms with Crippen LogP contribution >= 0.6 is 11.6 Å². The first kappa shape index (κ1) is 22.2. The molecule has 0 atom stereocenters. The molecule has 3 aromatic rings. The molecule has 0 fully saturated rings. The molecule has 0 aliphatic carbocycles. The quantitative estimate of drug-likeness (QED) is 0.441. The maximum atomic E-state index is 12.2. The summed E-state index contributed by atoms with van der Waals surface area (Å²) in [5, 5.41) is 9.14. The van der Waals surface area contributed by atoms with Crippen LogP contribution in [-0.4, -0.2) is 25.5 Å². The van der Waals surface area contributed by atoms with Crippen molar-refractivity contribution in [3.8, 4) is 5.75 Å². The molecule has 6 nitrogen and oxygen atoms in total. The lowest BCUT2D eigenvalue weighted by Gasteiger charge is -2.11. The molecule has 0 radical (unpaired) electrons. The Morgan fingerprint density at radius 1 is 0.839 bits per heavy atom. The molecule has 0 saturated heterocycles. The first-order chi connectivity index (χ1) is 15.0. The van der Waals surface area contributed by atoms with Crippen molar-refractivity contribution in [3.05, 3.63) is 83.4 Å². The van der Waals surface area contributed by atoms with E-state index in [0.29, 0.717) is 35.0 Å². The third-order valence-electron chi connectivity index (χ3n) is 4.52. The Hall–Kier alpha value is -3.51. The first-order valence-electron chi connectivity index (χ1n) is 9.84. The second-order valence-corrected chi connectivity index (χ2v) is 7.27. The number of aryl methyl sites for hydroxylation is 1. The topological polar surface area (TPSA) is 79.5 Å². The first-order valence-corrected chi connectivity index (χ1v) is 10.2. The summed E-state index contributed by atoms with van der Waals surface area (Å²) < 4.78 is 5.10. The molecule has 0 heterocycles. The van der Waals surface area contributed by atoms with E-state index in [9.17, 15) is 9.59 Å². The van der Waals surface area contributed by atoms with Crippen molar-refractivity contribution in [2.45, 2.75) is 12.8 Å². The van der Waals surface area contributed by atoms with Crippen LogP contribution < -0.4 is 20.7 Å². The van der Waals surface area contributed by atoms with Gasteiger partial charge in [-0.15, -0.1) is 0 Å². The summed E-state index contributed by atoms with van der Waals surface area (Å²) in [6.45, 7) is 0.0645. The average Bonchev–Trinajstić information content (AvgIpc) is 2.77. The van der Waals surface area contributed by atoms with Gasteiger partial charge < -0.3 is 20.7 Å². The molecule has 0 aliphatic heterocycles. The number of hydrogen-bond donors (Lipinski definition) is 3. The SMILES string of the molecule is COc1ccc(NC(=O)CNc2cccc(NC(=O)CCc3ccccc3)c2)cc1Cl. The van der Waals surface area contributed by atoms with Crippen molar-refractivity contribution in [3.63, 3.8) is 0 Å². The summed E-state index contributed by atoms with van der Waals surface area (Å²) in [7, 11) is 1.53. The zero-order chi connectivity index (χ0) is 22.1. The standard InChI is InChI=1S/C24H24ClN3O3/c1-31-22-12-11-20(15-21(22)25)28-24(30)16-26-18-8-5-9-19(14-18)27-23(29)13-10-17-6-3-2-4-7-17/h2-9,11-12,14-15,26H,10,13,16H2,1H3,(H,27,29)(H,28,30). The number of carbonyl (C=O) groups excluding carboxylic acids is 2. The number of hydrogen-bond acceptors (Lipinski definition) is 4. The highest BCUT2D eigenvalue weighted by Gasteiger charge is 2.07. The number of nitrogens with one attached hydrogen (secondary N) is 3. The molecule has 0 aromatic heterocycles. The summed E-state index contributed by atoms with van der Waals surface area (Å²) in [6, 6.07) is 22.2. The number of methoxy groups -OCH3 is 1. The fourth-order valence-electron chi connectivity index (χ4n) is 2.96. The maximum Gasteiger partial charge on any atom is 0.243 e. The van der Waals surface area contributed by atoms with Crippen LogP contribution in [0.2, 0.25) is 5.02 Å². The van der Waals surface area contributed by atoms with Crippen LogP contribution in [0.4, 0.5) is 17.1 Å². The fourth-order valence-corrected chi connectivity index (χ4v) is 3.22. The summed E-state index contributed by atoms with van der Waals surface area (Å²) in [4.78, 5) is 24.4. The van der Waals surface area contributed by atoms with Crippen LogP contribution in [0.3, 0.4) is 0 Å². The smallest absolute Gasteiger partial charge is 0.243 e. The van der Waals surface area contributed by atoms with Gasteiger partial charge in [0.15, 0.2) is 0 Å². The Labute approximate surface area is 186 Å². The van der Waals surface area contributed by atoms with Gasteiger partial charge in [0.05, 0.1) is 18.7 Å². The van der Waals surface area contributed by atoms with Crippen LogP contribution in [0.15, 0.2) is 72.8 Å². The Morgan fingerprint density at radius 3 is 2.29 bits per heavy atom. The van der Waals surface area contributed by atoms with Crippen LogP contribution in [0, 0.1) is 0 Å². The normalized spacial score (nSPS) is 10.3. The molecule has 7 heteroatoms. The lowest BCUT2D eigenvalue weighted by atomic mass is 10.1. The zero-order valence-corrected chi connectivity index (χ0v) is 17.9. The Balaban J connectivity index is 1.48. The molecular weight excluding hydrogens is 414 g/mol. The molecule has 3 N–H and O–H groups in total. The van der Waals surface area contributed by atoms with E-state index in [-0.39, 0.29) is 18.4 Å². The molecule has 0 unspecified atom stereocenters. The predicted molar refractivity (Wildman–Crippen MR) is 125 cm³/mol. The Morgan fingerprint density at radius 2 is 1.55 bits per heavy atom. The van der Waals surface area contributed by atoms with Gasteiger partial charge in [-0.3, -0.25) is 9.59 Å². The zero-order valence-electron chi connectivity index (χ0n) is 17.2. The summed E-state index contributed by atoms with van der Waals surface area (Å²) >= 11 is 6.08. The average molecular weight is 438 g/mol. The highest BCUT2D eigenvalue weighted by molar-refractivity contribution is 6.32. The lowest BCUT2D eigenvalue weighted by Crippen LogP contribution is -2.21. The molecule has 2 amide bonds. The number of benzene rings is 3. The van der Waals surface area contributed by atoms with Crippen molar-refractivity contribution >= 4 is 40.5 Å². The molecule has 3 aromatic carbocycles. The van der Waals surface area contributed by atoms with E-state index in [1.807, 2.05) is 48.5 Å². The molecule has 0 aliphatic rings. The number of anilines is 3. The van der Waals surface area contributed by atoms with E-state index in [0.717, 1.165) is 11.3 Å². The van der Waals surface area contributed by atoms with Crippen LogP contribution in [0.1, 0.15) is 12.0 Å². The Kier molecular flexibility index (Phi) is 7.90. The molecular formula is C24H24ClN3O3. The van der Waals surface area contributed by atoms with Crippen molar-refractivity contribution in [1.29, 1.82) is 0 Å². The lowest BCUT2D eigenvalue weighted by molar-refractivity contribution is -0.116. The van der Waals surface area contributed by atoms with Gasteiger partial charge in [-0.25, -0.2) is 0 Å².